The molecule has 2 aromatic carbocycles. The molecule has 0 fully saturated rings. The number of hydrogen-bond acceptors (Lipinski definition) is 6. The van der Waals surface area contributed by atoms with E-state index in [0.717, 1.165) is 11.1 Å². The van der Waals surface area contributed by atoms with Crippen molar-refractivity contribution in [3.8, 4) is 17.0 Å². The first-order valence-corrected chi connectivity index (χ1v) is 8.59. The van der Waals surface area contributed by atoms with E-state index in [1.807, 2.05) is 31.2 Å². The summed E-state index contributed by atoms with van der Waals surface area (Å²) in [6.07, 6.45) is 0. The number of nitrogen functional groups attached to an aromatic ring is 1. The van der Waals surface area contributed by atoms with Crippen LogP contribution in [0.15, 0.2) is 54.6 Å². The Kier molecular flexibility index (Phi) is 4.36. The lowest BCUT2D eigenvalue weighted by molar-refractivity contribution is 0.102. The summed E-state index contributed by atoms with van der Waals surface area (Å²) < 4.78 is 6.53. The van der Waals surface area contributed by atoms with Crippen molar-refractivity contribution >= 4 is 23.1 Å². The first kappa shape index (κ1) is 17.5. The number of fused-ring (bicyclic) bond motifs is 1. The van der Waals surface area contributed by atoms with Crippen LogP contribution in [0.25, 0.3) is 16.9 Å². The number of nitrogens with one attached hydrogen (secondary N) is 1. The second kappa shape index (κ2) is 6.99. The van der Waals surface area contributed by atoms with Crippen LogP contribution in [0.4, 0.5) is 11.5 Å². The van der Waals surface area contributed by atoms with Gasteiger partial charge < -0.3 is 15.8 Å². The summed E-state index contributed by atoms with van der Waals surface area (Å²) in [5.41, 5.74) is 10.0. The van der Waals surface area contributed by atoms with Crippen LogP contribution in [0.2, 0.25) is 0 Å². The number of nitrogens with two attached hydrogens (primary N) is 1. The van der Waals surface area contributed by atoms with Gasteiger partial charge >= 0.3 is 0 Å². The van der Waals surface area contributed by atoms with Gasteiger partial charge in [0.1, 0.15) is 5.75 Å². The summed E-state index contributed by atoms with van der Waals surface area (Å²) in [5.74, 6) is 0.345. The molecular weight excluding hydrogens is 356 g/mol. The number of anilines is 2. The maximum atomic E-state index is 12.6. The predicted molar refractivity (Wildman–Crippen MR) is 106 cm³/mol. The molecule has 0 radical (unpaired) electrons. The molecule has 4 aromatic rings. The summed E-state index contributed by atoms with van der Waals surface area (Å²) in [6, 6.07) is 16.7. The Morgan fingerprint density at radius 3 is 2.46 bits per heavy atom. The normalized spacial score (nSPS) is 10.8. The summed E-state index contributed by atoms with van der Waals surface area (Å²) in [4.78, 5) is 12.6. The molecule has 0 aliphatic carbocycles. The molecular formula is C20H18N6O2. The average molecular weight is 374 g/mol. The molecule has 0 unspecified atom stereocenters. The summed E-state index contributed by atoms with van der Waals surface area (Å²) in [7, 11) is 1.58. The van der Waals surface area contributed by atoms with Gasteiger partial charge in [0.15, 0.2) is 17.2 Å². The maximum absolute atomic E-state index is 12.6. The van der Waals surface area contributed by atoms with E-state index in [2.05, 4.69) is 20.6 Å². The molecule has 8 nitrogen and oxygen atoms in total. The maximum Gasteiger partial charge on any atom is 0.280 e. The number of ether oxygens (including phenoxy) is 1. The summed E-state index contributed by atoms with van der Waals surface area (Å²) in [6.45, 7) is 2.02. The van der Waals surface area contributed by atoms with Gasteiger partial charge in [-0.2, -0.15) is 9.61 Å². The van der Waals surface area contributed by atoms with Crippen LogP contribution in [0.5, 0.6) is 5.75 Å². The van der Waals surface area contributed by atoms with E-state index in [0.29, 0.717) is 22.8 Å². The van der Waals surface area contributed by atoms with Crippen LogP contribution < -0.4 is 15.8 Å². The minimum atomic E-state index is -0.468. The number of rotatable bonds is 4. The lowest BCUT2D eigenvalue weighted by atomic mass is 10.1. The minimum Gasteiger partial charge on any atom is -0.497 e. The van der Waals surface area contributed by atoms with Crippen LogP contribution in [-0.4, -0.2) is 32.8 Å². The molecule has 0 aliphatic heterocycles. The SMILES string of the molecule is COc1ccc(NC(=O)c2nnc3cc(-c4ccc(C)cc4)nn3c2N)cc1. The van der Waals surface area contributed by atoms with Crippen molar-refractivity contribution in [1.29, 1.82) is 0 Å². The van der Waals surface area contributed by atoms with Gasteiger partial charge in [0.05, 0.1) is 12.8 Å². The quantitative estimate of drug-likeness (QED) is 0.569. The van der Waals surface area contributed by atoms with E-state index in [4.69, 9.17) is 10.5 Å². The van der Waals surface area contributed by atoms with Crippen molar-refractivity contribution in [2.45, 2.75) is 6.92 Å². The first-order chi connectivity index (χ1) is 13.5. The van der Waals surface area contributed by atoms with Crippen molar-refractivity contribution in [3.05, 3.63) is 65.9 Å². The Hall–Kier alpha value is -3.94. The van der Waals surface area contributed by atoms with Crippen molar-refractivity contribution < 1.29 is 9.53 Å². The third-order valence-corrected chi connectivity index (χ3v) is 4.32. The Labute approximate surface area is 161 Å². The Morgan fingerprint density at radius 2 is 1.79 bits per heavy atom. The molecule has 0 saturated carbocycles. The number of hydrogen-bond donors (Lipinski definition) is 2. The molecule has 28 heavy (non-hydrogen) atoms. The van der Waals surface area contributed by atoms with Gasteiger partial charge in [0, 0.05) is 17.3 Å². The third kappa shape index (κ3) is 3.23. The zero-order valence-electron chi connectivity index (χ0n) is 15.4. The molecule has 0 bridgehead atoms. The second-order valence-corrected chi connectivity index (χ2v) is 6.28. The van der Waals surface area contributed by atoms with Gasteiger partial charge in [0.2, 0.25) is 0 Å². The fourth-order valence-electron chi connectivity index (χ4n) is 2.76. The lowest BCUT2D eigenvalue weighted by Gasteiger charge is -2.07. The fourth-order valence-corrected chi connectivity index (χ4v) is 2.76. The van der Waals surface area contributed by atoms with Gasteiger partial charge in [-0.15, -0.1) is 10.2 Å². The fraction of sp³-hybridized carbons (Fsp3) is 0.100. The standard InChI is InChI=1S/C20H18N6O2/c1-12-3-5-13(6-4-12)16-11-17-23-24-18(19(21)26(17)25-16)20(27)22-14-7-9-15(28-2)10-8-14/h3-11H,21H2,1-2H3,(H,22,27). The van der Waals surface area contributed by atoms with Crippen LogP contribution in [0.3, 0.4) is 0 Å². The number of benzene rings is 2. The minimum absolute atomic E-state index is 0.00174. The van der Waals surface area contributed by atoms with Crippen LogP contribution >= 0.6 is 0 Å². The summed E-state index contributed by atoms with van der Waals surface area (Å²) >= 11 is 0. The number of carbonyl (C=O) groups excluding carboxylic acids is 1. The van der Waals surface area contributed by atoms with Crippen LogP contribution in [0, 0.1) is 6.92 Å². The molecule has 8 heteroatoms. The van der Waals surface area contributed by atoms with Crippen LogP contribution in [0.1, 0.15) is 16.1 Å². The number of nitrogens with zero attached hydrogens (tertiary/aromatic N) is 4. The topological polar surface area (TPSA) is 107 Å². The lowest BCUT2D eigenvalue weighted by Crippen LogP contribution is -2.19. The molecule has 0 atom stereocenters. The van der Waals surface area contributed by atoms with Gasteiger partial charge in [-0.25, -0.2) is 0 Å². The number of aryl methyl sites for hydroxylation is 1. The number of methoxy groups -OCH3 is 1. The van der Waals surface area contributed by atoms with E-state index in [1.165, 1.54) is 4.52 Å². The molecule has 3 N–H and O–H groups in total. The van der Waals surface area contributed by atoms with E-state index >= 15 is 0 Å². The predicted octanol–water partition coefficient (Wildman–Crippen LogP) is 2.94. The zero-order valence-corrected chi connectivity index (χ0v) is 15.4. The molecule has 2 heterocycles. The van der Waals surface area contributed by atoms with Crippen molar-refractivity contribution in [1.82, 2.24) is 19.8 Å². The van der Waals surface area contributed by atoms with E-state index in [1.54, 1.807) is 37.4 Å². The number of carbonyl (C=O) groups is 1. The Bertz CT molecular complexity index is 1150. The highest BCUT2D eigenvalue weighted by Crippen LogP contribution is 2.22. The van der Waals surface area contributed by atoms with Gasteiger partial charge in [-0.3, -0.25) is 4.79 Å². The van der Waals surface area contributed by atoms with Gasteiger partial charge in [-0.1, -0.05) is 29.8 Å². The van der Waals surface area contributed by atoms with Crippen molar-refractivity contribution in [3.63, 3.8) is 0 Å². The second-order valence-electron chi connectivity index (χ2n) is 6.28. The van der Waals surface area contributed by atoms with Gasteiger partial charge in [-0.05, 0) is 31.2 Å². The average Bonchev–Trinajstić information content (AvgIpc) is 3.14. The summed E-state index contributed by atoms with van der Waals surface area (Å²) in [5, 5.41) is 15.3. The molecule has 4 rings (SSSR count). The molecule has 140 valence electrons. The van der Waals surface area contributed by atoms with E-state index < -0.39 is 5.91 Å². The molecule has 0 aliphatic rings. The molecule has 1 amide bonds. The Balaban J connectivity index is 1.64. The number of aromatic nitrogens is 4. The largest absolute Gasteiger partial charge is 0.497 e. The van der Waals surface area contributed by atoms with Crippen molar-refractivity contribution in [2.75, 3.05) is 18.2 Å². The van der Waals surface area contributed by atoms with Crippen LogP contribution in [-0.2, 0) is 0 Å². The first-order valence-electron chi connectivity index (χ1n) is 8.59. The highest BCUT2D eigenvalue weighted by Gasteiger charge is 2.18. The highest BCUT2D eigenvalue weighted by atomic mass is 16.5. The third-order valence-electron chi connectivity index (χ3n) is 4.32. The smallest absolute Gasteiger partial charge is 0.280 e. The van der Waals surface area contributed by atoms with E-state index in [-0.39, 0.29) is 11.5 Å². The van der Waals surface area contributed by atoms with Crippen molar-refractivity contribution in [2.24, 2.45) is 0 Å². The molecule has 0 spiro atoms. The number of amides is 1. The monoisotopic (exact) mass is 374 g/mol. The zero-order chi connectivity index (χ0) is 19.7. The molecule has 0 saturated heterocycles. The highest BCUT2D eigenvalue weighted by molar-refractivity contribution is 6.05. The Morgan fingerprint density at radius 1 is 1.07 bits per heavy atom. The van der Waals surface area contributed by atoms with Gasteiger partial charge in [0.25, 0.3) is 5.91 Å². The van der Waals surface area contributed by atoms with E-state index in [9.17, 15) is 4.79 Å². The molecule has 2 aromatic heterocycles.